The van der Waals surface area contributed by atoms with E-state index < -0.39 is 0 Å². The van der Waals surface area contributed by atoms with Crippen molar-refractivity contribution in [1.29, 1.82) is 0 Å². The molecule has 0 spiro atoms. The van der Waals surface area contributed by atoms with Crippen molar-refractivity contribution in [2.45, 2.75) is 26.3 Å². The van der Waals surface area contributed by atoms with Crippen LogP contribution in [0.25, 0.3) is 6.08 Å². The van der Waals surface area contributed by atoms with Crippen LogP contribution in [0.15, 0.2) is 48.1 Å². The van der Waals surface area contributed by atoms with Crippen LogP contribution in [0.3, 0.4) is 0 Å². The average molecular weight is 448 g/mol. The maximum absolute atomic E-state index is 4.50. The number of rotatable bonds is 3. The third kappa shape index (κ3) is 15.5. The summed E-state index contributed by atoms with van der Waals surface area (Å²) in [6.45, 7) is 4.22. The molecular weight excluding hydrogens is 422 g/mol. The van der Waals surface area contributed by atoms with Crippen LogP contribution in [-0.2, 0) is 65.4 Å². The van der Waals surface area contributed by atoms with Gasteiger partial charge in [-0.2, -0.15) is 29.8 Å². The molecule has 22 heavy (non-hydrogen) atoms. The molecule has 4 heteroatoms. The van der Waals surface area contributed by atoms with E-state index in [9.17, 15) is 0 Å². The Morgan fingerprint density at radius 2 is 1.91 bits per heavy atom. The number of benzene rings is 1. The van der Waals surface area contributed by atoms with Gasteiger partial charge in [0.15, 0.2) is 0 Å². The van der Waals surface area contributed by atoms with Gasteiger partial charge in [0, 0.05) is 71.5 Å². The molecule has 0 aliphatic heterocycles. The Bertz CT molecular complexity index is 424. The second-order valence-corrected chi connectivity index (χ2v) is 4.37. The molecule has 1 aromatic rings. The Kier molecular flexibility index (Phi) is 24.4. The molecule has 3 N–H and O–H groups in total. The normalized spacial score (nSPS) is 11.5. The zero-order valence-corrected chi connectivity index (χ0v) is 19.8. The van der Waals surface area contributed by atoms with Crippen molar-refractivity contribution < 1.29 is 65.4 Å². The van der Waals surface area contributed by atoms with E-state index in [1.165, 1.54) is 12.6 Å². The molecule has 1 aliphatic rings. The maximum Gasteiger partial charge on any atom is 0.000733 e. The van der Waals surface area contributed by atoms with E-state index >= 15 is 0 Å². The fourth-order valence-electron chi connectivity index (χ4n) is 1.22. The molecule has 0 amide bonds. The molecule has 1 aliphatic carbocycles. The fraction of sp³-hybridized carbons (Fsp3) is 0.333. The molecule has 0 fully saturated rings. The quantitative estimate of drug-likeness (QED) is 0.697. The molecule has 0 aromatic heterocycles. The Morgan fingerprint density at radius 3 is 2.32 bits per heavy atom. The molecule has 2 nitrogen and oxygen atoms in total. The molecule has 2 rings (SSSR count). The molecule has 0 heterocycles. The molecule has 0 saturated heterocycles. The Morgan fingerprint density at radius 1 is 1.27 bits per heavy atom. The summed E-state index contributed by atoms with van der Waals surface area (Å²) in [5, 5.41) is 3.03. The fourth-order valence-corrected chi connectivity index (χ4v) is 1.22. The van der Waals surface area contributed by atoms with Crippen LogP contribution in [0.1, 0.15) is 25.8 Å². The van der Waals surface area contributed by atoms with Crippen molar-refractivity contribution in [3.63, 3.8) is 0 Å². The minimum absolute atomic E-state index is 0. The Balaban J connectivity index is -0.000000350. The maximum atomic E-state index is 4.50. The second-order valence-electron chi connectivity index (χ2n) is 4.37. The van der Waals surface area contributed by atoms with Gasteiger partial charge >= 0.3 is 0 Å². The number of hydrogen-bond acceptors (Lipinski definition) is 2. The standard InChI is InChI=1S/C13H10.C4H11N.CH5N.2Y/c1-2-6-12(7-3-1)10-11-13-8-4-5-9-13;1-4(2)5-3;1-2;;/h1-6,8,10H,9H2;4-5H,1-3H3;2H2,1H3;;/q-2;;;;. The van der Waals surface area contributed by atoms with Gasteiger partial charge in [0.2, 0.25) is 0 Å². The minimum Gasteiger partial charge on any atom is -0.333 e. The molecule has 0 atom stereocenters. The van der Waals surface area contributed by atoms with Crippen LogP contribution in [0.5, 0.6) is 0 Å². The first-order valence-electron chi connectivity index (χ1n) is 6.89. The summed E-state index contributed by atoms with van der Waals surface area (Å²) in [6, 6.07) is 11.7. The summed E-state index contributed by atoms with van der Waals surface area (Å²) in [5.41, 5.74) is 6.81. The van der Waals surface area contributed by atoms with Gasteiger partial charge in [0.05, 0.1) is 0 Å². The largest absolute Gasteiger partial charge is 0.333 e. The Labute approximate surface area is 186 Å². The molecule has 116 valence electrons. The summed E-state index contributed by atoms with van der Waals surface area (Å²) in [4.78, 5) is 0. The molecule has 1 aromatic carbocycles. The summed E-state index contributed by atoms with van der Waals surface area (Å²) in [7, 11) is 3.45. The van der Waals surface area contributed by atoms with Gasteiger partial charge in [0.1, 0.15) is 0 Å². The van der Waals surface area contributed by atoms with E-state index in [2.05, 4.69) is 55.3 Å². The molecule has 0 bridgehead atoms. The van der Waals surface area contributed by atoms with Gasteiger partial charge in [-0.15, -0.1) is 12.1 Å². The van der Waals surface area contributed by atoms with Gasteiger partial charge in [-0.25, -0.2) is 12.1 Å². The first kappa shape index (κ1) is 27.4. The van der Waals surface area contributed by atoms with E-state index in [0.717, 1.165) is 12.0 Å². The van der Waals surface area contributed by atoms with E-state index in [4.69, 9.17) is 0 Å². The third-order valence-electron chi connectivity index (χ3n) is 2.49. The van der Waals surface area contributed by atoms with Crippen molar-refractivity contribution in [2.24, 2.45) is 5.73 Å². The Hall–Kier alpha value is 0.568. The average Bonchev–Trinajstić information content (AvgIpc) is 3.02. The van der Waals surface area contributed by atoms with Crippen LogP contribution >= 0.6 is 0 Å². The molecular formula is C18H26N2Y2-2. The summed E-state index contributed by atoms with van der Waals surface area (Å²) >= 11 is 0. The predicted molar refractivity (Wildman–Crippen MR) is 89.1 cm³/mol. The number of allylic oxidation sites excluding steroid dienone is 5. The van der Waals surface area contributed by atoms with Crippen molar-refractivity contribution in [1.82, 2.24) is 5.32 Å². The number of nitrogens with two attached hydrogens (primary N) is 1. The molecule has 2 radical (unpaired) electrons. The first-order valence-corrected chi connectivity index (χ1v) is 6.89. The van der Waals surface area contributed by atoms with Crippen LogP contribution < -0.4 is 11.1 Å². The molecule has 0 saturated carbocycles. The number of hydrogen-bond donors (Lipinski definition) is 2. The summed E-state index contributed by atoms with van der Waals surface area (Å²) in [6.07, 6.45) is 12.5. The van der Waals surface area contributed by atoms with Crippen LogP contribution in [0.4, 0.5) is 0 Å². The van der Waals surface area contributed by atoms with Crippen LogP contribution in [0, 0.1) is 12.1 Å². The van der Waals surface area contributed by atoms with E-state index in [1.54, 1.807) is 0 Å². The predicted octanol–water partition coefficient (Wildman–Crippen LogP) is 3.37. The van der Waals surface area contributed by atoms with Crippen LogP contribution in [-0.4, -0.2) is 20.1 Å². The minimum atomic E-state index is 0. The SMILES string of the molecule is CN.CNC(C)C.[C-](=Cc1[c-]cccc1)C1=CC=CC1.[Y].[Y]. The van der Waals surface area contributed by atoms with Crippen molar-refractivity contribution >= 4 is 6.08 Å². The zero-order valence-electron chi connectivity index (χ0n) is 14.1. The van der Waals surface area contributed by atoms with Gasteiger partial charge in [-0.05, 0) is 20.5 Å². The summed E-state index contributed by atoms with van der Waals surface area (Å²) in [5.74, 6) is 0. The topological polar surface area (TPSA) is 38.0 Å². The van der Waals surface area contributed by atoms with Gasteiger partial charge in [0.25, 0.3) is 0 Å². The van der Waals surface area contributed by atoms with E-state index in [1.807, 2.05) is 37.4 Å². The third-order valence-corrected chi connectivity index (χ3v) is 2.49. The first-order chi connectivity index (χ1) is 9.72. The zero-order chi connectivity index (χ0) is 15.2. The van der Waals surface area contributed by atoms with Crippen molar-refractivity contribution in [3.8, 4) is 0 Å². The van der Waals surface area contributed by atoms with E-state index in [-0.39, 0.29) is 65.4 Å². The molecule has 0 unspecified atom stereocenters. The smallest absolute Gasteiger partial charge is 0.000733 e. The number of nitrogens with one attached hydrogen (secondary N) is 1. The van der Waals surface area contributed by atoms with Gasteiger partial charge in [-0.1, -0.05) is 19.9 Å². The summed E-state index contributed by atoms with van der Waals surface area (Å²) < 4.78 is 0. The van der Waals surface area contributed by atoms with Crippen molar-refractivity contribution in [2.75, 3.05) is 14.1 Å². The van der Waals surface area contributed by atoms with E-state index in [0.29, 0.717) is 6.04 Å². The monoisotopic (exact) mass is 448 g/mol. The second kappa shape index (κ2) is 19.6. The van der Waals surface area contributed by atoms with Crippen molar-refractivity contribution in [3.05, 3.63) is 65.8 Å². The van der Waals surface area contributed by atoms with Gasteiger partial charge in [-0.3, -0.25) is 11.6 Å². The van der Waals surface area contributed by atoms with Crippen LogP contribution in [0.2, 0.25) is 0 Å². The van der Waals surface area contributed by atoms with Gasteiger partial charge < -0.3 is 11.1 Å².